The molecule has 0 amide bonds. The molecule has 0 spiro atoms. The Morgan fingerprint density at radius 2 is 1.21 bits per heavy atom. The van der Waals surface area contributed by atoms with Crippen molar-refractivity contribution in [1.82, 2.24) is 15.2 Å². The molecular formula is C36H27N3. The van der Waals surface area contributed by atoms with Crippen LogP contribution in [0.2, 0.25) is 0 Å². The Balaban J connectivity index is 1.49. The van der Waals surface area contributed by atoms with Crippen LogP contribution in [0.5, 0.6) is 0 Å². The van der Waals surface area contributed by atoms with Gasteiger partial charge in [-0.2, -0.15) is 0 Å². The molecule has 0 radical (unpaired) electrons. The molecule has 0 saturated carbocycles. The van der Waals surface area contributed by atoms with Crippen molar-refractivity contribution in [3.8, 4) is 11.1 Å². The number of rotatable bonds is 3. The summed E-state index contributed by atoms with van der Waals surface area (Å²) in [5.41, 5.74) is 7.08. The van der Waals surface area contributed by atoms with Crippen molar-refractivity contribution in [1.29, 1.82) is 0 Å². The third kappa shape index (κ3) is 3.51. The normalized spacial score (nSPS) is 18.4. The molecule has 186 valence electrons. The van der Waals surface area contributed by atoms with Gasteiger partial charge < -0.3 is 10.6 Å². The van der Waals surface area contributed by atoms with E-state index in [9.17, 15) is 0 Å². The molecule has 3 nitrogen and oxygen atoms in total. The molecule has 1 aliphatic carbocycles. The lowest BCUT2D eigenvalue weighted by molar-refractivity contribution is 0.544. The first-order chi connectivity index (χ1) is 19.3. The number of hydrogen-bond donors (Lipinski definition) is 2. The number of allylic oxidation sites excluding steroid dienone is 2. The van der Waals surface area contributed by atoms with Crippen molar-refractivity contribution in [2.45, 2.75) is 12.1 Å². The molecule has 2 unspecified atom stereocenters. The molecule has 8 rings (SSSR count). The van der Waals surface area contributed by atoms with Gasteiger partial charge in [0.05, 0.1) is 28.8 Å². The first kappa shape index (κ1) is 22.0. The van der Waals surface area contributed by atoms with Gasteiger partial charge in [0.1, 0.15) is 5.82 Å². The molecule has 6 aromatic rings. The minimum Gasteiger partial charge on any atom is -0.373 e. The van der Waals surface area contributed by atoms with E-state index in [0.29, 0.717) is 0 Å². The monoisotopic (exact) mass is 501 g/mol. The van der Waals surface area contributed by atoms with Crippen LogP contribution in [0.3, 0.4) is 0 Å². The summed E-state index contributed by atoms with van der Waals surface area (Å²) >= 11 is 0. The van der Waals surface area contributed by atoms with Crippen LogP contribution in [-0.2, 0) is 0 Å². The first-order valence-corrected chi connectivity index (χ1v) is 13.5. The lowest BCUT2D eigenvalue weighted by Crippen LogP contribution is -2.51. The maximum absolute atomic E-state index is 3.94. The van der Waals surface area contributed by atoms with Crippen LogP contribution in [-0.4, -0.2) is 16.7 Å². The van der Waals surface area contributed by atoms with Crippen LogP contribution in [0, 0.1) is 0 Å². The highest BCUT2D eigenvalue weighted by Gasteiger charge is 2.30. The molecular weight excluding hydrogens is 474 g/mol. The SMILES string of the molecule is C1=CC2NC(c3ccccc3)=C(n3c4cc(-c5ccccc5)ccc4c4c5ccccc5ccc43)NC2C=C1. The maximum Gasteiger partial charge on any atom is 0.136 e. The van der Waals surface area contributed by atoms with E-state index < -0.39 is 0 Å². The summed E-state index contributed by atoms with van der Waals surface area (Å²) in [6.07, 6.45) is 8.75. The fourth-order valence-corrected chi connectivity index (χ4v) is 6.19. The molecule has 5 aromatic carbocycles. The quantitative estimate of drug-likeness (QED) is 0.258. The molecule has 2 atom stereocenters. The van der Waals surface area contributed by atoms with Crippen LogP contribution < -0.4 is 10.6 Å². The lowest BCUT2D eigenvalue weighted by atomic mass is 9.98. The second-order valence-electron chi connectivity index (χ2n) is 10.3. The Labute approximate surface area is 227 Å². The second-order valence-corrected chi connectivity index (χ2v) is 10.3. The summed E-state index contributed by atoms with van der Waals surface area (Å²) in [6, 6.07) is 41.8. The fourth-order valence-electron chi connectivity index (χ4n) is 6.19. The van der Waals surface area contributed by atoms with Gasteiger partial charge in [-0.15, -0.1) is 0 Å². The van der Waals surface area contributed by atoms with Crippen LogP contribution in [0.4, 0.5) is 0 Å². The Morgan fingerprint density at radius 1 is 0.513 bits per heavy atom. The van der Waals surface area contributed by atoms with E-state index in [1.165, 1.54) is 43.7 Å². The summed E-state index contributed by atoms with van der Waals surface area (Å²) in [7, 11) is 0. The number of fused-ring (bicyclic) bond motifs is 6. The van der Waals surface area contributed by atoms with E-state index in [2.05, 4.69) is 155 Å². The van der Waals surface area contributed by atoms with E-state index in [1.807, 2.05) is 0 Å². The van der Waals surface area contributed by atoms with Gasteiger partial charge in [-0.1, -0.05) is 127 Å². The van der Waals surface area contributed by atoms with Crippen LogP contribution >= 0.6 is 0 Å². The number of benzene rings is 5. The van der Waals surface area contributed by atoms with E-state index in [4.69, 9.17) is 0 Å². The molecule has 2 aliphatic rings. The van der Waals surface area contributed by atoms with Gasteiger partial charge in [0.15, 0.2) is 0 Å². The molecule has 0 fully saturated rings. The van der Waals surface area contributed by atoms with Crippen LogP contribution in [0.15, 0.2) is 140 Å². The Bertz CT molecular complexity index is 1960. The third-order valence-electron chi connectivity index (χ3n) is 8.04. The minimum atomic E-state index is 0.155. The second kappa shape index (κ2) is 8.78. The summed E-state index contributed by atoms with van der Waals surface area (Å²) in [5.74, 6) is 1.07. The van der Waals surface area contributed by atoms with Crippen molar-refractivity contribution in [3.05, 3.63) is 145 Å². The van der Waals surface area contributed by atoms with Gasteiger partial charge in [0.2, 0.25) is 0 Å². The molecule has 39 heavy (non-hydrogen) atoms. The molecule has 2 heterocycles. The standard InChI is InChI=1S/C36H27N3/c1-3-11-24(12-4-1)27-19-21-29-33(23-27)39(32-22-20-25-13-7-8-16-28(25)34(29)32)36-35(26-14-5-2-6-15-26)37-30-17-9-10-18-31(30)38-36/h1-23,30-31,37-38H. The number of nitrogens with zero attached hydrogens (tertiary/aromatic N) is 1. The zero-order valence-corrected chi connectivity index (χ0v) is 21.4. The summed E-state index contributed by atoms with van der Waals surface area (Å²) in [5, 5.41) is 12.9. The molecule has 2 N–H and O–H groups in total. The molecule has 3 heteroatoms. The van der Waals surface area contributed by atoms with Gasteiger partial charge in [-0.05, 0) is 34.0 Å². The third-order valence-corrected chi connectivity index (χ3v) is 8.04. The van der Waals surface area contributed by atoms with E-state index in [-0.39, 0.29) is 12.1 Å². The minimum absolute atomic E-state index is 0.155. The van der Waals surface area contributed by atoms with Gasteiger partial charge in [-0.25, -0.2) is 0 Å². The maximum atomic E-state index is 3.94. The van der Waals surface area contributed by atoms with Crippen molar-refractivity contribution < 1.29 is 0 Å². The molecule has 1 aromatic heterocycles. The van der Waals surface area contributed by atoms with E-state index in [0.717, 1.165) is 17.1 Å². The predicted molar refractivity (Wildman–Crippen MR) is 164 cm³/mol. The van der Waals surface area contributed by atoms with E-state index in [1.54, 1.807) is 0 Å². The highest BCUT2D eigenvalue weighted by Crippen LogP contribution is 2.40. The first-order valence-electron chi connectivity index (χ1n) is 13.5. The zero-order chi connectivity index (χ0) is 25.8. The highest BCUT2D eigenvalue weighted by atomic mass is 15.2. The zero-order valence-electron chi connectivity index (χ0n) is 21.4. The topological polar surface area (TPSA) is 29.0 Å². The van der Waals surface area contributed by atoms with Crippen molar-refractivity contribution >= 4 is 44.1 Å². The van der Waals surface area contributed by atoms with Crippen molar-refractivity contribution in [2.24, 2.45) is 0 Å². The molecule has 1 aliphatic heterocycles. The average Bonchev–Trinajstić information content (AvgIpc) is 3.35. The molecule has 0 bridgehead atoms. The number of nitrogens with one attached hydrogen (secondary N) is 2. The largest absolute Gasteiger partial charge is 0.373 e. The number of aromatic nitrogens is 1. The van der Waals surface area contributed by atoms with Crippen molar-refractivity contribution in [3.63, 3.8) is 0 Å². The van der Waals surface area contributed by atoms with Crippen LogP contribution in [0.1, 0.15) is 5.56 Å². The fraction of sp³-hybridized carbons (Fsp3) is 0.0556. The Hall–Kier alpha value is -5.02. The van der Waals surface area contributed by atoms with Crippen molar-refractivity contribution in [2.75, 3.05) is 0 Å². The van der Waals surface area contributed by atoms with Gasteiger partial charge in [-0.3, -0.25) is 4.57 Å². The summed E-state index contributed by atoms with van der Waals surface area (Å²) < 4.78 is 2.43. The highest BCUT2D eigenvalue weighted by molar-refractivity contribution is 6.22. The molecule has 0 saturated heterocycles. The lowest BCUT2D eigenvalue weighted by Gasteiger charge is -2.37. The summed E-state index contributed by atoms with van der Waals surface area (Å²) in [6.45, 7) is 0. The summed E-state index contributed by atoms with van der Waals surface area (Å²) in [4.78, 5) is 0. The van der Waals surface area contributed by atoms with Gasteiger partial charge in [0, 0.05) is 16.3 Å². The van der Waals surface area contributed by atoms with Crippen LogP contribution in [0.25, 0.3) is 55.2 Å². The van der Waals surface area contributed by atoms with Gasteiger partial charge in [0.25, 0.3) is 0 Å². The Kier molecular flexibility index (Phi) is 4.95. The number of hydrogen-bond acceptors (Lipinski definition) is 2. The van der Waals surface area contributed by atoms with E-state index >= 15 is 0 Å². The average molecular weight is 502 g/mol. The predicted octanol–water partition coefficient (Wildman–Crippen LogP) is 7.95. The van der Waals surface area contributed by atoms with Gasteiger partial charge >= 0.3 is 0 Å². The smallest absolute Gasteiger partial charge is 0.136 e. The Morgan fingerprint density at radius 3 is 2.00 bits per heavy atom.